The molecular formula is C14H10BrClN2O3. The van der Waals surface area contributed by atoms with Crippen LogP contribution in [-0.2, 0) is 0 Å². The highest BCUT2D eigenvalue weighted by molar-refractivity contribution is 9.10. The van der Waals surface area contributed by atoms with Crippen molar-refractivity contribution in [2.24, 2.45) is 0 Å². The van der Waals surface area contributed by atoms with Crippen molar-refractivity contribution >= 4 is 44.8 Å². The maximum atomic E-state index is 12.3. The van der Waals surface area contributed by atoms with Crippen LogP contribution in [0.1, 0.15) is 15.9 Å². The molecule has 0 radical (unpaired) electrons. The molecule has 2 rings (SSSR count). The van der Waals surface area contributed by atoms with Gasteiger partial charge in [0, 0.05) is 16.2 Å². The second kappa shape index (κ2) is 6.24. The second-order valence-electron chi connectivity index (χ2n) is 4.31. The van der Waals surface area contributed by atoms with E-state index < -0.39 is 10.8 Å². The predicted molar refractivity (Wildman–Crippen MR) is 84.9 cm³/mol. The van der Waals surface area contributed by atoms with E-state index >= 15 is 0 Å². The van der Waals surface area contributed by atoms with Gasteiger partial charge in [0.2, 0.25) is 0 Å². The molecule has 0 unspecified atom stereocenters. The minimum atomic E-state index is -0.573. The number of hydrogen-bond donors (Lipinski definition) is 1. The lowest BCUT2D eigenvalue weighted by molar-refractivity contribution is -0.385. The second-order valence-corrected chi connectivity index (χ2v) is 5.57. The topological polar surface area (TPSA) is 72.2 Å². The highest BCUT2D eigenvalue weighted by Crippen LogP contribution is 2.27. The first kappa shape index (κ1) is 15.5. The molecule has 0 fully saturated rings. The minimum absolute atomic E-state index is 0.0431. The first-order valence-electron chi connectivity index (χ1n) is 5.90. The molecule has 1 amide bonds. The molecule has 0 aliphatic carbocycles. The Labute approximate surface area is 134 Å². The molecule has 2 aromatic rings. The Morgan fingerprint density at radius 1 is 1.33 bits per heavy atom. The van der Waals surface area contributed by atoms with Crippen LogP contribution in [0, 0.1) is 17.0 Å². The summed E-state index contributed by atoms with van der Waals surface area (Å²) in [6, 6.07) is 9.39. The fourth-order valence-electron chi connectivity index (χ4n) is 1.87. The van der Waals surface area contributed by atoms with Gasteiger partial charge in [-0.1, -0.05) is 23.7 Å². The highest BCUT2D eigenvalue weighted by Gasteiger charge is 2.22. The number of nitrogens with one attached hydrogen (secondary N) is 1. The molecule has 2 aromatic carbocycles. The van der Waals surface area contributed by atoms with E-state index in [0.717, 1.165) is 0 Å². The van der Waals surface area contributed by atoms with E-state index in [1.165, 1.54) is 6.07 Å². The van der Waals surface area contributed by atoms with Crippen molar-refractivity contribution in [3.8, 4) is 0 Å². The Bertz CT molecular complexity index is 734. The predicted octanol–water partition coefficient (Wildman–Crippen LogP) is 4.57. The number of aryl methyl sites for hydroxylation is 1. The van der Waals surface area contributed by atoms with Crippen LogP contribution in [-0.4, -0.2) is 10.8 Å². The van der Waals surface area contributed by atoms with Crippen molar-refractivity contribution in [1.29, 1.82) is 0 Å². The van der Waals surface area contributed by atoms with Gasteiger partial charge in [0.1, 0.15) is 5.56 Å². The average molecular weight is 370 g/mol. The molecule has 0 bridgehead atoms. The third kappa shape index (κ3) is 3.40. The largest absolute Gasteiger partial charge is 0.322 e. The van der Waals surface area contributed by atoms with Gasteiger partial charge in [-0.2, -0.15) is 0 Å². The molecule has 0 saturated carbocycles. The van der Waals surface area contributed by atoms with E-state index in [2.05, 4.69) is 21.2 Å². The molecular weight excluding hydrogens is 360 g/mol. The zero-order valence-corrected chi connectivity index (χ0v) is 13.2. The van der Waals surface area contributed by atoms with Gasteiger partial charge in [0.05, 0.1) is 9.95 Å². The van der Waals surface area contributed by atoms with Crippen LogP contribution in [0.15, 0.2) is 40.9 Å². The zero-order chi connectivity index (χ0) is 15.6. The van der Waals surface area contributed by atoms with Crippen LogP contribution >= 0.6 is 27.5 Å². The minimum Gasteiger partial charge on any atom is -0.322 e. The molecule has 1 N–H and O–H groups in total. The first-order valence-corrected chi connectivity index (χ1v) is 7.07. The summed E-state index contributed by atoms with van der Waals surface area (Å²) in [6.07, 6.45) is 0. The van der Waals surface area contributed by atoms with E-state index in [9.17, 15) is 14.9 Å². The van der Waals surface area contributed by atoms with Crippen molar-refractivity contribution in [2.45, 2.75) is 6.92 Å². The number of hydrogen-bond acceptors (Lipinski definition) is 3. The van der Waals surface area contributed by atoms with Crippen LogP contribution in [0.2, 0.25) is 5.02 Å². The van der Waals surface area contributed by atoms with Crippen LogP contribution in [0.4, 0.5) is 11.4 Å². The van der Waals surface area contributed by atoms with Crippen LogP contribution < -0.4 is 5.32 Å². The van der Waals surface area contributed by atoms with Gasteiger partial charge >= 0.3 is 0 Å². The average Bonchev–Trinajstić information content (AvgIpc) is 2.42. The number of halogens is 2. The van der Waals surface area contributed by atoms with Gasteiger partial charge in [0.25, 0.3) is 11.6 Å². The van der Waals surface area contributed by atoms with Crippen LogP contribution in [0.25, 0.3) is 0 Å². The number of nitro groups is 1. The number of rotatable bonds is 3. The van der Waals surface area contributed by atoms with Gasteiger partial charge in [0.15, 0.2) is 0 Å². The summed E-state index contributed by atoms with van der Waals surface area (Å²) in [7, 11) is 0. The molecule has 7 heteroatoms. The number of nitrogens with zero attached hydrogens (tertiary/aromatic N) is 1. The normalized spacial score (nSPS) is 10.2. The summed E-state index contributed by atoms with van der Waals surface area (Å²) < 4.78 is 0.698. The number of nitro benzene ring substituents is 1. The summed E-state index contributed by atoms with van der Waals surface area (Å²) in [5.41, 5.74) is 0.813. The van der Waals surface area contributed by atoms with Gasteiger partial charge in [-0.15, -0.1) is 0 Å². The lowest BCUT2D eigenvalue weighted by Gasteiger charge is -2.09. The maximum Gasteiger partial charge on any atom is 0.282 e. The van der Waals surface area contributed by atoms with Crippen LogP contribution in [0.5, 0.6) is 0 Å². The summed E-state index contributed by atoms with van der Waals surface area (Å²) in [5.74, 6) is -0.543. The maximum absolute atomic E-state index is 12.3. The Kier molecular flexibility index (Phi) is 4.59. The molecule has 5 nitrogen and oxygen atoms in total. The summed E-state index contributed by atoms with van der Waals surface area (Å²) in [5, 5.41) is 14.1. The lowest BCUT2D eigenvalue weighted by Crippen LogP contribution is -2.15. The molecule has 0 aromatic heterocycles. The summed E-state index contributed by atoms with van der Waals surface area (Å²) in [4.78, 5) is 22.7. The fourth-order valence-corrected chi connectivity index (χ4v) is 2.29. The van der Waals surface area contributed by atoms with Gasteiger partial charge in [-0.3, -0.25) is 14.9 Å². The first-order chi connectivity index (χ1) is 9.90. The molecule has 0 spiro atoms. The molecule has 0 heterocycles. The SMILES string of the molecule is Cc1cccc([N+](=O)[O-])c1C(=O)Nc1ccc(Br)c(Cl)c1. The Hall–Kier alpha value is -1.92. The van der Waals surface area contributed by atoms with Crippen molar-refractivity contribution < 1.29 is 9.72 Å². The third-order valence-corrected chi connectivity index (χ3v) is 4.08. The van der Waals surface area contributed by atoms with Gasteiger partial charge in [-0.25, -0.2) is 0 Å². The quantitative estimate of drug-likeness (QED) is 0.636. The van der Waals surface area contributed by atoms with Crippen molar-refractivity contribution in [3.05, 3.63) is 67.1 Å². The van der Waals surface area contributed by atoms with E-state index in [1.807, 2.05) is 0 Å². The Balaban J connectivity index is 2.36. The van der Waals surface area contributed by atoms with Gasteiger partial charge in [-0.05, 0) is 46.6 Å². The molecule has 108 valence electrons. The Morgan fingerprint density at radius 2 is 2.05 bits per heavy atom. The van der Waals surface area contributed by atoms with E-state index in [0.29, 0.717) is 20.7 Å². The van der Waals surface area contributed by atoms with Gasteiger partial charge < -0.3 is 5.32 Å². The third-order valence-electron chi connectivity index (χ3n) is 2.85. The summed E-state index contributed by atoms with van der Waals surface area (Å²) in [6.45, 7) is 1.65. The van der Waals surface area contributed by atoms with Crippen molar-refractivity contribution in [1.82, 2.24) is 0 Å². The van der Waals surface area contributed by atoms with E-state index in [4.69, 9.17) is 11.6 Å². The van der Waals surface area contributed by atoms with Crippen molar-refractivity contribution in [2.75, 3.05) is 5.32 Å². The molecule has 0 aliphatic heterocycles. The molecule has 21 heavy (non-hydrogen) atoms. The number of carbonyl (C=O) groups excluding carboxylic acids is 1. The number of carbonyl (C=O) groups is 1. The number of amides is 1. The molecule has 0 aliphatic rings. The zero-order valence-electron chi connectivity index (χ0n) is 10.9. The highest BCUT2D eigenvalue weighted by atomic mass is 79.9. The standard InChI is InChI=1S/C14H10BrClN2O3/c1-8-3-2-4-12(18(20)21)13(8)14(19)17-9-5-6-10(15)11(16)7-9/h2-7H,1H3,(H,17,19). The molecule has 0 saturated heterocycles. The number of benzene rings is 2. The van der Waals surface area contributed by atoms with Crippen molar-refractivity contribution in [3.63, 3.8) is 0 Å². The monoisotopic (exact) mass is 368 g/mol. The smallest absolute Gasteiger partial charge is 0.282 e. The summed E-state index contributed by atoms with van der Waals surface area (Å²) >= 11 is 9.20. The molecule has 0 atom stereocenters. The van der Waals surface area contributed by atoms with Crippen LogP contribution in [0.3, 0.4) is 0 Å². The fraction of sp³-hybridized carbons (Fsp3) is 0.0714. The Morgan fingerprint density at radius 3 is 2.67 bits per heavy atom. The van der Waals surface area contributed by atoms with E-state index in [-0.39, 0.29) is 11.3 Å². The van der Waals surface area contributed by atoms with E-state index in [1.54, 1.807) is 37.3 Å². The lowest BCUT2D eigenvalue weighted by atomic mass is 10.1. The number of anilines is 1.